The molecule has 0 aliphatic rings. The summed E-state index contributed by atoms with van der Waals surface area (Å²) in [5.41, 5.74) is 1.87. The largest absolute Gasteiger partial charge is 0.353 e. The van der Waals surface area contributed by atoms with E-state index in [9.17, 15) is 13.2 Å². The molecule has 1 amide bonds. The van der Waals surface area contributed by atoms with Crippen molar-refractivity contribution in [1.82, 2.24) is 15.3 Å². The van der Waals surface area contributed by atoms with E-state index in [1.54, 1.807) is 30.3 Å². The van der Waals surface area contributed by atoms with Crippen molar-refractivity contribution < 1.29 is 13.2 Å². The van der Waals surface area contributed by atoms with Gasteiger partial charge in [0, 0.05) is 11.6 Å². The molecule has 0 aliphatic carbocycles. The molecule has 8 heteroatoms. The second-order valence-corrected chi connectivity index (χ2v) is 9.92. The van der Waals surface area contributed by atoms with Crippen LogP contribution in [0.1, 0.15) is 25.8 Å². The third kappa shape index (κ3) is 5.12. The van der Waals surface area contributed by atoms with Gasteiger partial charge in [-0.1, -0.05) is 66.7 Å². The van der Waals surface area contributed by atoms with Crippen LogP contribution in [0.4, 0.5) is 0 Å². The molecule has 6 nitrogen and oxygen atoms in total. The van der Waals surface area contributed by atoms with Crippen molar-refractivity contribution in [2.24, 2.45) is 0 Å². The first-order valence-electron chi connectivity index (χ1n) is 9.70. The standard InChI is InChI=1S/C22H25N3O3S2/c1-4-16(3)23-19(26)14-29-21-22(30(27,28)18-8-6-5-7-9-18)25-20(24-21)17-12-10-15(2)11-13-17/h5-13,16H,4,14H2,1-3H3,(H,23,26)(H,24,25). The highest BCUT2D eigenvalue weighted by atomic mass is 32.2. The molecule has 158 valence electrons. The summed E-state index contributed by atoms with van der Waals surface area (Å²) in [6.45, 7) is 5.90. The third-order valence-corrected chi connectivity index (χ3v) is 7.48. The summed E-state index contributed by atoms with van der Waals surface area (Å²) in [6, 6.07) is 15.9. The van der Waals surface area contributed by atoms with Crippen LogP contribution >= 0.6 is 11.8 Å². The van der Waals surface area contributed by atoms with E-state index in [1.165, 1.54) is 0 Å². The molecule has 30 heavy (non-hydrogen) atoms. The lowest BCUT2D eigenvalue weighted by molar-refractivity contribution is -0.119. The molecule has 0 saturated carbocycles. The number of imidazole rings is 1. The monoisotopic (exact) mass is 443 g/mol. The van der Waals surface area contributed by atoms with Gasteiger partial charge < -0.3 is 10.3 Å². The fraction of sp³-hybridized carbons (Fsp3) is 0.273. The van der Waals surface area contributed by atoms with Gasteiger partial charge in [-0.3, -0.25) is 4.79 Å². The molecule has 0 spiro atoms. The van der Waals surface area contributed by atoms with Crippen LogP contribution in [-0.2, 0) is 14.6 Å². The summed E-state index contributed by atoms with van der Waals surface area (Å²) in [5, 5.41) is 3.18. The van der Waals surface area contributed by atoms with Gasteiger partial charge in [-0.2, -0.15) is 0 Å². The summed E-state index contributed by atoms with van der Waals surface area (Å²) >= 11 is 1.11. The smallest absolute Gasteiger partial charge is 0.230 e. The number of carbonyl (C=O) groups is 1. The maximum atomic E-state index is 13.2. The normalized spacial score (nSPS) is 12.5. The molecule has 3 rings (SSSR count). The molecular formula is C22H25N3O3S2. The van der Waals surface area contributed by atoms with Crippen molar-refractivity contribution in [3.63, 3.8) is 0 Å². The highest BCUT2D eigenvalue weighted by Crippen LogP contribution is 2.32. The first-order chi connectivity index (χ1) is 14.3. The van der Waals surface area contributed by atoms with Crippen molar-refractivity contribution >= 4 is 27.5 Å². The third-order valence-electron chi connectivity index (χ3n) is 4.65. The number of amides is 1. The molecule has 1 unspecified atom stereocenters. The van der Waals surface area contributed by atoms with Gasteiger partial charge >= 0.3 is 0 Å². The predicted molar refractivity (Wildman–Crippen MR) is 119 cm³/mol. The number of carbonyl (C=O) groups excluding carboxylic acids is 1. The maximum Gasteiger partial charge on any atom is 0.230 e. The minimum absolute atomic E-state index is 0.00520. The summed E-state index contributed by atoms with van der Waals surface area (Å²) in [4.78, 5) is 19.9. The maximum absolute atomic E-state index is 13.2. The minimum atomic E-state index is -3.81. The van der Waals surface area contributed by atoms with Gasteiger partial charge in [0.25, 0.3) is 0 Å². The number of H-pyrrole nitrogens is 1. The van der Waals surface area contributed by atoms with Gasteiger partial charge in [0.2, 0.25) is 15.7 Å². The van der Waals surface area contributed by atoms with E-state index in [0.29, 0.717) is 5.82 Å². The average molecular weight is 444 g/mol. The number of aryl methyl sites for hydroxylation is 1. The highest BCUT2D eigenvalue weighted by Gasteiger charge is 2.26. The number of sulfone groups is 1. The Bertz CT molecular complexity index is 1110. The van der Waals surface area contributed by atoms with Crippen LogP contribution in [0.5, 0.6) is 0 Å². The van der Waals surface area contributed by atoms with E-state index in [-0.39, 0.29) is 32.6 Å². The molecule has 1 aromatic heterocycles. The van der Waals surface area contributed by atoms with Crippen molar-refractivity contribution in [3.05, 3.63) is 60.2 Å². The number of hydrogen-bond donors (Lipinski definition) is 2. The molecule has 2 N–H and O–H groups in total. The number of rotatable bonds is 8. The second kappa shape index (κ2) is 9.49. The van der Waals surface area contributed by atoms with Crippen LogP contribution in [0.2, 0.25) is 0 Å². The molecule has 1 heterocycles. The fourth-order valence-corrected chi connectivity index (χ4v) is 5.19. The zero-order valence-corrected chi connectivity index (χ0v) is 18.8. The zero-order valence-electron chi connectivity index (χ0n) is 17.2. The summed E-state index contributed by atoms with van der Waals surface area (Å²) in [7, 11) is -3.81. The number of benzene rings is 2. The van der Waals surface area contributed by atoms with Crippen molar-refractivity contribution in [3.8, 4) is 11.4 Å². The molecule has 2 aromatic carbocycles. The molecule has 3 aromatic rings. The molecular weight excluding hydrogens is 418 g/mol. The second-order valence-electron chi connectivity index (χ2n) is 7.07. The Balaban J connectivity index is 1.97. The van der Waals surface area contributed by atoms with Crippen LogP contribution in [0.3, 0.4) is 0 Å². The number of aromatic nitrogens is 2. The van der Waals surface area contributed by atoms with E-state index in [0.717, 1.165) is 29.3 Å². The van der Waals surface area contributed by atoms with Crippen LogP contribution in [0.25, 0.3) is 11.4 Å². The minimum Gasteiger partial charge on any atom is -0.353 e. The number of aromatic amines is 1. The van der Waals surface area contributed by atoms with E-state index in [4.69, 9.17) is 0 Å². The quantitative estimate of drug-likeness (QED) is 0.509. The van der Waals surface area contributed by atoms with Crippen molar-refractivity contribution in [2.45, 2.75) is 48.2 Å². The Morgan fingerprint density at radius 3 is 2.43 bits per heavy atom. The van der Waals surface area contributed by atoms with Gasteiger partial charge in [-0.05, 0) is 32.4 Å². The fourth-order valence-electron chi connectivity index (χ4n) is 2.74. The molecule has 1 atom stereocenters. The Morgan fingerprint density at radius 2 is 1.80 bits per heavy atom. The van der Waals surface area contributed by atoms with Crippen LogP contribution in [0.15, 0.2) is 69.5 Å². The molecule has 0 bridgehead atoms. The SMILES string of the molecule is CCC(C)NC(=O)CSc1nc(-c2ccc(C)cc2)[nH]c1S(=O)(=O)c1ccccc1. The predicted octanol–water partition coefficient (Wildman–Crippen LogP) is 4.22. The zero-order chi connectivity index (χ0) is 21.7. The number of hydrogen-bond acceptors (Lipinski definition) is 5. The topological polar surface area (TPSA) is 91.9 Å². The van der Waals surface area contributed by atoms with Gasteiger partial charge in [0.05, 0.1) is 10.6 Å². The van der Waals surface area contributed by atoms with Crippen LogP contribution in [0, 0.1) is 6.92 Å². The lowest BCUT2D eigenvalue weighted by Crippen LogP contribution is -2.33. The van der Waals surface area contributed by atoms with Gasteiger partial charge in [0.15, 0.2) is 5.03 Å². The lowest BCUT2D eigenvalue weighted by Gasteiger charge is -2.10. The van der Waals surface area contributed by atoms with Crippen LogP contribution in [-0.4, -0.2) is 36.1 Å². The number of nitrogens with zero attached hydrogens (tertiary/aromatic N) is 1. The van der Waals surface area contributed by atoms with E-state index < -0.39 is 9.84 Å². The number of thioether (sulfide) groups is 1. The Hall–Kier alpha value is -2.58. The van der Waals surface area contributed by atoms with Gasteiger partial charge in [-0.15, -0.1) is 0 Å². The summed E-state index contributed by atoms with van der Waals surface area (Å²) < 4.78 is 26.5. The summed E-state index contributed by atoms with van der Waals surface area (Å²) in [6.07, 6.45) is 0.823. The number of nitrogens with one attached hydrogen (secondary N) is 2. The molecule has 0 radical (unpaired) electrons. The molecule has 0 fully saturated rings. The summed E-state index contributed by atoms with van der Waals surface area (Å²) in [5.74, 6) is 0.381. The first kappa shape index (κ1) is 22.1. The molecule has 0 saturated heterocycles. The van der Waals surface area contributed by atoms with E-state index in [1.807, 2.05) is 45.0 Å². The van der Waals surface area contributed by atoms with Crippen molar-refractivity contribution in [2.75, 3.05) is 5.75 Å². The first-order valence-corrected chi connectivity index (χ1v) is 12.2. The van der Waals surface area contributed by atoms with E-state index >= 15 is 0 Å². The average Bonchev–Trinajstić information content (AvgIpc) is 3.18. The van der Waals surface area contributed by atoms with Gasteiger partial charge in [-0.25, -0.2) is 13.4 Å². The Morgan fingerprint density at radius 1 is 1.13 bits per heavy atom. The van der Waals surface area contributed by atoms with Gasteiger partial charge in [0.1, 0.15) is 10.9 Å². The van der Waals surface area contributed by atoms with Crippen LogP contribution < -0.4 is 5.32 Å². The van der Waals surface area contributed by atoms with Crippen molar-refractivity contribution in [1.29, 1.82) is 0 Å². The highest BCUT2D eigenvalue weighted by molar-refractivity contribution is 8.00. The molecule has 0 aliphatic heterocycles. The lowest BCUT2D eigenvalue weighted by atomic mass is 10.1. The Labute approximate surface area is 181 Å². The Kier molecular flexibility index (Phi) is 6.99. The van der Waals surface area contributed by atoms with E-state index in [2.05, 4.69) is 15.3 Å².